The fraction of sp³-hybridized carbons (Fsp3) is 0.750. The molecule has 0 rings (SSSR count). The van der Waals surface area contributed by atoms with E-state index in [1.807, 2.05) is 0 Å². The first-order valence-electron chi connectivity index (χ1n) is 1.84. The van der Waals surface area contributed by atoms with Crippen LogP contribution in [0.3, 0.4) is 0 Å². The smallest absolute Gasteiger partial charge is 0.0605 e. The molecule has 0 heterocycles. The molecule has 0 saturated heterocycles. The predicted molar refractivity (Wildman–Crippen MR) is 36.4 cm³/mol. The van der Waals surface area contributed by atoms with Crippen molar-refractivity contribution in [2.24, 2.45) is 5.92 Å². The number of hydrogen-bond donors (Lipinski definition) is 0. The Morgan fingerprint density at radius 1 is 1.67 bits per heavy atom. The maximum absolute atomic E-state index is 4.74. The van der Waals surface area contributed by atoms with Crippen molar-refractivity contribution in [1.29, 1.82) is 0 Å². The van der Waals surface area contributed by atoms with Gasteiger partial charge in [0, 0.05) is 0 Å². The maximum atomic E-state index is 4.74. The third-order valence-electron chi connectivity index (χ3n) is 0.454. The summed E-state index contributed by atoms with van der Waals surface area (Å²) >= 11 is 7.91. The monoisotopic (exact) mass is 166 g/mol. The highest BCUT2D eigenvalue weighted by atomic mass is 79.9. The van der Waals surface area contributed by atoms with Crippen LogP contribution in [0.15, 0.2) is 0 Å². The highest BCUT2D eigenvalue weighted by Crippen LogP contribution is 2.01. The molecule has 0 aromatic rings. The van der Waals surface area contributed by atoms with E-state index in [2.05, 4.69) is 29.8 Å². The zero-order chi connectivity index (χ0) is 5.15. The van der Waals surface area contributed by atoms with Crippen LogP contribution in [0.2, 0.25) is 0 Å². The van der Waals surface area contributed by atoms with Crippen molar-refractivity contribution in [2.75, 3.05) is 0 Å². The first kappa shape index (κ1) is 6.57. The van der Waals surface area contributed by atoms with Crippen molar-refractivity contribution in [3.05, 3.63) is 0 Å². The molecule has 0 amide bonds. The van der Waals surface area contributed by atoms with Crippen molar-refractivity contribution < 1.29 is 0 Å². The third kappa shape index (κ3) is 2.79. The highest BCUT2D eigenvalue weighted by Gasteiger charge is 1.92. The lowest BCUT2D eigenvalue weighted by atomic mass is 10.3. The van der Waals surface area contributed by atoms with E-state index < -0.39 is 0 Å². The van der Waals surface area contributed by atoms with Gasteiger partial charge in [0.25, 0.3) is 0 Å². The van der Waals surface area contributed by atoms with E-state index in [-0.39, 0.29) is 0 Å². The maximum Gasteiger partial charge on any atom is 0.0605 e. The number of hydrogen-bond acceptors (Lipinski definition) is 1. The molecule has 0 aromatic heterocycles. The molecule has 0 N–H and O–H groups in total. The summed E-state index contributed by atoms with van der Waals surface area (Å²) in [6, 6.07) is 0. The van der Waals surface area contributed by atoms with Gasteiger partial charge in [0.1, 0.15) is 0 Å². The molecular weight excluding hydrogens is 160 g/mol. The molecule has 0 spiro atoms. The van der Waals surface area contributed by atoms with Crippen LogP contribution in [0.4, 0.5) is 0 Å². The lowest BCUT2D eigenvalue weighted by Gasteiger charge is -1.92. The van der Waals surface area contributed by atoms with Crippen LogP contribution < -0.4 is 0 Å². The van der Waals surface area contributed by atoms with E-state index >= 15 is 0 Å². The molecule has 6 heavy (non-hydrogen) atoms. The summed E-state index contributed by atoms with van der Waals surface area (Å²) in [5, 5.41) is 0. The molecule has 0 fully saturated rings. The zero-order valence-electron chi connectivity index (χ0n) is 3.86. The molecule has 0 nitrogen and oxygen atoms in total. The molecule has 0 saturated carbocycles. The van der Waals surface area contributed by atoms with Gasteiger partial charge in [-0.3, -0.25) is 0 Å². The number of rotatable bonds is 1. The average molecular weight is 167 g/mol. The van der Waals surface area contributed by atoms with Crippen LogP contribution in [0.1, 0.15) is 13.8 Å². The largest absolute Gasteiger partial charge is 0.0765 e. The van der Waals surface area contributed by atoms with E-state index in [4.69, 9.17) is 12.2 Å². The third-order valence-corrected chi connectivity index (χ3v) is 1.84. The predicted octanol–water partition coefficient (Wildman–Crippen LogP) is 2.36. The van der Waals surface area contributed by atoms with Gasteiger partial charge in [-0.15, -0.1) is 0 Å². The van der Waals surface area contributed by atoms with Gasteiger partial charge < -0.3 is 0 Å². The van der Waals surface area contributed by atoms with Gasteiger partial charge in [-0.1, -0.05) is 26.1 Å². The van der Waals surface area contributed by atoms with Crippen LogP contribution >= 0.6 is 28.1 Å². The lowest BCUT2D eigenvalue weighted by molar-refractivity contribution is 0.917. The standard InChI is InChI=1S/C4H7BrS/c1-3(2)4(5)6/h3H,1-2H3. The van der Waals surface area contributed by atoms with Crippen LogP contribution in [-0.2, 0) is 0 Å². The molecule has 36 valence electrons. The van der Waals surface area contributed by atoms with E-state index in [0.29, 0.717) is 5.92 Å². The normalized spacial score (nSPS) is 9.33. The SMILES string of the molecule is CC(C)C(=S)Br. The Hall–Kier alpha value is 0.570. The molecule has 0 bridgehead atoms. The summed E-state index contributed by atoms with van der Waals surface area (Å²) in [7, 11) is 0. The van der Waals surface area contributed by atoms with Gasteiger partial charge in [-0.2, -0.15) is 0 Å². The molecule has 0 atom stereocenters. The topological polar surface area (TPSA) is 0 Å². The molecule has 0 aliphatic heterocycles. The van der Waals surface area contributed by atoms with E-state index in [0.717, 1.165) is 3.77 Å². The second kappa shape index (κ2) is 2.69. The summed E-state index contributed by atoms with van der Waals surface area (Å²) < 4.78 is 0.905. The highest BCUT2D eigenvalue weighted by molar-refractivity contribution is 9.20. The Kier molecular flexibility index (Phi) is 2.95. The van der Waals surface area contributed by atoms with Crippen LogP contribution in [0, 0.1) is 5.92 Å². The number of halogens is 1. The first-order chi connectivity index (χ1) is 2.64. The van der Waals surface area contributed by atoms with E-state index in [9.17, 15) is 0 Å². The quantitative estimate of drug-likeness (QED) is 0.426. The van der Waals surface area contributed by atoms with Gasteiger partial charge in [0.05, 0.1) is 3.77 Å². The molecular formula is C4H7BrS. The Balaban J connectivity index is 3.26. The molecule has 2 heteroatoms. The molecule has 0 aromatic carbocycles. The van der Waals surface area contributed by atoms with Gasteiger partial charge in [-0.25, -0.2) is 0 Å². The second-order valence-corrected chi connectivity index (χ2v) is 3.28. The van der Waals surface area contributed by atoms with Gasteiger partial charge >= 0.3 is 0 Å². The second-order valence-electron chi connectivity index (χ2n) is 1.46. The van der Waals surface area contributed by atoms with Crippen molar-refractivity contribution in [3.8, 4) is 0 Å². The Labute approximate surface area is 52.1 Å². The molecule has 0 aliphatic rings. The lowest BCUT2D eigenvalue weighted by Crippen LogP contribution is -1.91. The minimum atomic E-state index is 0.500. The molecule has 0 radical (unpaired) electrons. The van der Waals surface area contributed by atoms with Crippen LogP contribution in [0.5, 0.6) is 0 Å². The van der Waals surface area contributed by atoms with Crippen molar-refractivity contribution in [2.45, 2.75) is 13.8 Å². The van der Waals surface area contributed by atoms with Crippen molar-refractivity contribution in [3.63, 3.8) is 0 Å². The Bertz CT molecular complexity index is 58.6. The van der Waals surface area contributed by atoms with E-state index in [1.165, 1.54) is 0 Å². The van der Waals surface area contributed by atoms with Crippen LogP contribution in [0.25, 0.3) is 0 Å². The summed E-state index contributed by atoms with van der Waals surface area (Å²) in [6.45, 7) is 4.11. The van der Waals surface area contributed by atoms with Crippen molar-refractivity contribution in [1.82, 2.24) is 0 Å². The molecule has 0 aliphatic carbocycles. The number of thiocarbonyl (C=S) groups is 1. The summed E-state index contributed by atoms with van der Waals surface area (Å²) in [5.41, 5.74) is 0. The zero-order valence-corrected chi connectivity index (χ0v) is 6.27. The molecule has 0 unspecified atom stereocenters. The van der Waals surface area contributed by atoms with Gasteiger partial charge in [-0.05, 0) is 21.8 Å². The Morgan fingerprint density at radius 3 is 1.83 bits per heavy atom. The Morgan fingerprint density at radius 2 is 1.83 bits per heavy atom. The van der Waals surface area contributed by atoms with Gasteiger partial charge in [0.2, 0.25) is 0 Å². The van der Waals surface area contributed by atoms with Crippen LogP contribution in [-0.4, -0.2) is 3.77 Å². The summed E-state index contributed by atoms with van der Waals surface area (Å²) in [4.78, 5) is 0. The fourth-order valence-corrected chi connectivity index (χ4v) is 0. The average Bonchev–Trinajstić information content (AvgIpc) is 1.36. The summed E-state index contributed by atoms with van der Waals surface area (Å²) in [6.07, 6.45) is 0. The van der Waals surface area contributed by atoms with Crippen molar-refractivity contribution >= 4 is 31.9 Å². The minimum absolute atomic E-state index is 0.500. The minimum Gasteiger partial charge on any atom is -0.0765 e. The first-order valence-corrected chi connectivity index (χ1v) is 3.04. The van der Waals surface area contributed by atoms with E-state index in [1.54, 1.807) is 0 Å². The fourth-order valence-electron chi connectivity index (χ4n) is 0. The summed E-state index contributed by atoms with van der Waals surface area (Å²) in [5.74, 6) is 0.500. The van der Waals surface area contributed by atoms with Gasteiger partial charge in [0.15, 0.2) is 0 Å².